The third kappa shape index (κ3) is 3.98. The fourth-order valence-corrected chi connectivity index (χ4v) is 1.43. The zero-order valence-corrected chi connectivity index (χ0v) is 9.82. The lowest BCUT2D eigenvalue weighted by Crippen LogP contribution is -2.21. The van der Waals surface area contributed by atoms with Crippen molar-refractivity contribution in [3.8, 4) is 11.5 Å². The average Bonchev–Trinajstić information content (AvgIpc) is 2.28. The van der Waals surface area contributed by atoms with Crippen LogP contribution in [-0.4, -0.2) is 29.5 Å². The molecule has 1 heterocycles. The van der Waals surface area contributed by atoms with Crippen molar-refractivity contribution in [2.75, 3.05) is 7.11 Å². The molecule has 19 heavy (non-hydrogen) atoms. The smallest absolute Gasteiger partial charge is 0.495 e. The molecular weight excluding hydrogens is 269 g/mol. The van der Waals surface area contributed by atoms with Crippen molar-refractivity contribution in [3.63, 3.8) is 0 Å². The van der Waals surface area contributed by atoms with Gasteiger partial charge in [0.1, 0.15) is 5.75 Å². The Labute approximate surface area is 105 Å². The Balaban J connectivity index is 3.35. The SMILES string of the molecule is COc1cnc(CC(=O)O)c(OC(F)(F)F)c1CN. The lowest BCUT2D eigenvalue weighted by atomic mass is 10.1. The zero-order valence-electron chi connectivity index (χ0n) is 9.82. The molecule has 1 rings (SSSR count). The normalized spacial score (nSPS) is 11.2. The van der Waals surface area contributed by atoms with Crippen molar-refractivity contribution in [2.45, 2.75) is 19.3 Å². The molecule has 0 aliphatic heterocycles. The van der Waals surface area contributed by atoms with Gasteiger partial charge in [-0.3, -0.25) is 9.78 Å². The first-order valence-corrected chi connectivity index (χ1v) is 5.00. The fraction of sp³-hybridized carbons (Fsp3) is 0.400. The second-order valence-electron chi connectivity index (χ2n) is 3.40. The van der Waals surface area contributed by atoms with Crippen LogP contribution in [0.4, 0.5) is 13.2 Å². The molecule has 0 saturated carbocycles. The summed E-state index contributed by atoms with van der Waals surface area (Å²) in [7, 11) is 1.23. The van der Waals surface area contributed by atoms with E-state index in [1.165, 1.54) is 7.11 Å². The van der Waals surface area contributed by atoms with E-state index >= 15 is 0 Å². The molecule has 9 heteroatoms. The molecule has 1 aromatic rings. The molecule has 0 unspecified atom stereocenters. The number of carboxylic acid groups (broad SMARTS) is 1. The highest BCUT2D eigenvalue weighted by Gasteiger charge is 2.34. The molecule has 0 aromatic carbocycles. The van der Waals surface area contributed by atoms with Crippen molar-refractivity contribution in [3.05, 3.63) is 17.5 Å². The van der Waals surface area contributed by atoms with E-state index in [0.29, 0.717) is 0 Å². The van der Waals surface area contributed by atoms with E-state index in [1.54, 1.807) is 0 Å². The topological polar surface area (TPSA) is 94.7 Å². The van der Waals surface area contributed by atoms with Crippen LogP contribution in [0.2, 0.25) is 0 Å². The molecule has 0 spiro atoms. The molecule has 6 nitrogen and oxygen atoms in total. The van der Waals surface area contributed by atoms with E-state index in [-0.39, 0.29) is 23.6 Å². The number of nitrogens with two attached hydrogens (primary N) is 1. The quantitative estimate of drug-likeness (QED) is 0.838. The minimum absolute atomic E-state index is 0.00381. The predicted octanol–water partition coefficient (Wildman–Crippen LogP) is 1.07. The van der Waals surface area contributed by atoms with Crippen LogP contribution < -0.4 is 15.2 Å². The van der Waals surface area contributed by atoms with Crippen molar-refractivity contribution in [1.29, 1.82) is 0 Å². The maximum Gasteiger partial charge on any atom is 0.573 e. The highest BCUT2D eigenvalue weighted by molar-refractivity contribution is 5.71. The van der Waals surface area contributed by atoms with Gasteiger partial charge in [-0.15, -0.1) is 13.2 Å². The first-order valence-electron chi connectivity index (χ1n) is 5.00. The second kappa shape index (κ2) is 5.74. The summed E-state index contributed by atoms with van der Waals surface area (Å²) in [6.45, 7) is -0.316. The molecule has 0 amide bonds. The molecule has 0 aliphatic carbocycles. The summed E-state index contributed by atoms with van der Waals surface area (Å²) in [5.74, 6) is -2.07. The van der Waals surface area contributed by atoms with Gasteiger partial charge in [-0.1, -0.05) is 0 Å². The summed E-state index contributed by atoms with van der Waals surface area (Å²) < 4.78 is 45.6. The number of pyridine rings is 1. The minimum atomic E-state index is -4.98. The molecular formula is C10H11F3N2O4. The summed E-state index contributed by atoms with van der Waals surface area (Å²) in [4.78, 5) is 14.2. The summed E-state index contributed by atoms with van der Waals surface area (Å²) >= 11 is 0. The van der Waals surface area contributed by atoms with E-state index in [0.717, 1.165) is 6.20 Å². The van der Waals surface area contributed by atoms with Crippen LogP contribution in [0, 0.1) is 0 Å². The Bertz CT molecular complexity index is 477. The van der Waals surface area contributed by atoms with Gasteiger partial charge in [0.25, 0.3) is 0 Å². The monoisotopic (exact) mass is 280 g/mol. The van der Waals surface area contributed by atoms with Crippen LogP contribution in [0.3, 0.4) is 0 Å². The first-order chi connectivity index (χ1) is 8.78. The van der Waals surface area contributed by atoms with Crippen molar-refractivity contribution < 1.29 is 32.5 Å². The zero-order chi connectivity index (χ0) is 14.6. The Morgan fingerprint density at radius 2 is 2.16 bits per heavy atom. The number of methoxy groups -OCH3 is 1. The van der Waals surface area contributed by atoms with Gasteiger partial charge >= 0.3 is 12.3 Å². The van der Waals surface area contributed by atoms with Gasteiger partial charge in [-0.25, -0.2) is 0 Å². The van der Waals surface area contributed by atoms with Gasteiger partial charge in [0.15, 0.2) is 5.75 Å². The van der Waals surface area contributed by atoms with Crippen LogP contribution >= 0.6 is 0 Å². The Morgan fingerprint density at radius 1 is 1.53 bits per heavy atom. The van der Waals surface area contributed by atoms with Crippen molar-refractivity contribution >= 4 is 5.97 Å². The molecule has 0 fully saturated rings. The number of nitrogens with zero attached hydrogens (tertiary/aromatic N) is 1. The second-order valence-corrected chi connectivity index (χ2v) is 3.40. The molecule has 0 atom stereocenters. The van der Waals surface area contributed by atoms with Crippen LogP contribution in [0.5, 0.6) is 11.5 Å². The first kappa shape index (κ1) is 15.0. The third-order valence-electron chi connectivity index (χ3n) is 2.13. The number of aromatic nitrogens is 1. The minimum Gasteiger partial charge on any atom is -0.495 e. The Kier molecular flexibility index (Phi) is 4.54. The van der Waals surface area contributed by atoms with Gasteiger partial charge in [-0.2, -0.15) is 0 Å². The number of alkyl halides is 3. The lowest BCUT2D eigenvalue weighted by Gasteiger charge is -2.17. The molecule has 106 valence electrons. The van der Waals surface area contributed by atoms with E-state index in [4.69, 9.17) is 15.6 Å². The molecule has 0 bridgehead atoms. The van der Waals surface area contributed by atoms with Gasteiger partial charge in [0.05, 0.1) is 31.0 Å². The lowest BCUT2D eigenvalue weighted by molar-refractivity contribution is -0.275. The largest absolute Gasteiger partial charge is 0.573 e. The maximum absolute atomic E-state index is 12.3. The Morgan fingerprint density at radius 3 is 2.58 bits per heavy atom. The number of carboxylic acids is 1. The summed E-state index contributed by atoms with van der Waals surface area (Å²) in [5, 5.41) is 8.64. The number of hydrogen-bond acceptors (Lipinski definition) is 5. The van der Waals surface area contributed by atoms with E-state index in [9.17, 15) is 18.0 Å². The van der Waals surface area contributed by atoms with E-state index in [2.05, 4.69) is 9.72 Å². The molecule has 3 N–H and O–H groups in total. The van der Waals surface area contributed by atoms with E-state index in [1.807, 2.05) is 0 Å². The van der Waals surface area contributed by atoms with Crippen LogP contribution in [0.15, 0.2) is 6.20 Å². The fourth-order valence-electron chi connectivity index (χ4n) is 1.43. The van der Waals surface area contributed by atoms with Crippen molar-refractivity contribution in [2.24, 2.45) is 5.73 Å². The van der Waals surface area contributed by atoms with Crippen LogP contribution in [0.1, 0.15) is 11.3 Å². The summed E-state index contributed by atoms with van der Waals surface area (Å²) in [6, 6.07) is 0. The van der Waals surface area contributed by atoms with Gasteiger partial charge in [-0.05, 0) is 0 Å². The number of carbonyl (C=O) groups is 1. The standard InChI is InChI=1S/C10H11F3N2O4/c1-18-7-4-15-6(2-8(16)17)9(5(7)3-14)19-10(11,12)13/h4H,2-3,14H2,1H3,(H,16,17). The van der Waals surface area contributed by atoms with Gasteiger partial charge in [0, 0.05) is 6.54 Å². The molecule has 0 aliphatic rings. The van der Waals surface area contributed by atoms with Crippen LogP contribution in [-0.2, 0) is 17.8 Å². The molecule has 0 saturated heterocycles. The maximum atomic E-state index is 12.3. The van der Waals surface area contributed by atoms with Gasteiger partial charge in [0.2, 0.25) is 0 Å². The Hall–Kier alpha value is -2.03. The number of aliphatic carboxylic acids is 1. The van der Waals surface area contributed by atoms with Crippen molar-refractivity contribution in [1.82, 2.24) is 4.98 Å². The summed E-state index contributed by atoms with van der Waals surface area (Å²) in [5.41, 5.74) is 4.88. The highest BCUT2D eigenvalue weighted by atomic mass is 19.4. The van der Waals surface area contributed by atoms with Crippen LogP contribution in [0.25, 0.3) is 0 Å². The number of rotatable bonds is 5. The average molecular weight is 280 g/mol. The van der Waals surface area contributed by atoms with Gasteiger partial charge < -0.3 is 20.3 Å². The molecule has 0 radical (unpaired) electrons. The highest BCUT2D eigenvalue weighted by Crippen LogP contribution is 2.34. The van der Waals surface area contributed by atoms with E-state index < -0.39 is 24.5 Å². The number of ether oxygens (including phenoxy) is 2. The number of halogens is 3. The predicted molar refractivity (Wildman–Crippen MR) is 56.7 cm³/mol. The third-order valence-corrected chi connectivity index (χ3v) is 2.13. The molecule has 1 aromatic heterocycles. The number of hydrogen-bond donors (Lipinski definition) is 2. The summed E-state index contributed by atoms with van der Waals surface area (Å²) in [6.07, 6.45) is -4.60.